The lowest BCUT2D eigenvalue weighted by Crippen LogP contribution is -2.44. The van der Waals surface area contributed by atoms with Crippen LogP contribution < -0.4 is 27.7 Å². The summed E-state index contributed by atoms with van der Waals surface area (Å²) in [5, 5.41) is 7.84. The van der Waals surface area contributed by atoms with Crippen LogP contribution in [0.15, 0.2) is 82.0 Å². The van der Waals surface area contributed by atoms with Crippen LogP contribution in [0.25, 0.3) is 11.3 Å². The molecule has 1 amide bonds. The zero-order valence-corrected chi connectivity index (χ0v) is 32.0. The smallest absolute Gasteiger partial charge is 0.370 e. The van der Waals surface area contributed by atoms with Crippen molar-refractivity contribution in [3.05, 3.63) is 98.3 Å². The molecule has 6 N–H and O–H groups in total. The van der Waals surface area contributed by atoms with E-state index >= 15 is 0 Å². The molecule has 0 unspecified atom stereocenters. The standard InChI is InChI=1S/C29H31ClN8O3S.C4F6O2.C2HF3O/c30-25-23(20-10-5-2-6-11-20)38(28(41)26(37-25)33-15-13-19-8-3-1-4-9-19)18-22(39)36-21(12-7-14-35-29(31)32)24(40)27-34-16-17-42-27;5-3(6,7)1(11)2(12)4(8,9)10;3-2(4,5)1-6/h1-6,8-11,16-17,21H,7,12-15,18H2,(H,33,37)(H,36,39)(H4,31,32,35);;1H/t21-;;/m0../s1. The number of halogens is 10. The first-order valence-corrected chi connectivity index (χ1v) is 17.9. The van der Waals surface area contributed by atoms with Crippen LogP contribution in [0.5, 0.6) is 0 Å². The second kappa shape index (κ2) is 22.8. The van der Waals surface area contributed by atoms with E-state index in [1.807, 2.05) is 36.4 Å². The Bertz CT molecular complexity index is 2120. The molecule has 0 aliphatic carbocycles. The van der Waals surface area contributed by atoms with Crippen molar-refractivity contribution in [1.82, 2.24) is 19.9 Å². The van der Waals surface area contributed by atoms with E-state index in [0.29, 0.717) is 30.6 Å². The number of carbonyl (C=O) groups excluding carboxylic acids is 5. The van der Waals surface area contributed by atoms with Crippen molar-refractivity contribution in [3.63, 3.8) is 0 Å². The zero-order chi connectivity index (χ0) is 45.3. The molecule has 14 nitrogen and oxygen atoms in total. The molecule has 0 bridgehead atoms. The first-order chi connectivity index (χ1) is 28.0. The van der Waals surface area contributed by atoms with E-state index in [0.717, 1.165) is 5.56 Å². The number of carbonyl (C=O) groups is 5. The van der Waals surface area contributed by atoms with E-state index in [1.54, 1.807) is 29.6 Å². The van der Waals surface area contributed by atoms with Gasteiger partial charge in [-0.2, -0.15) is 39.5 Å². The highest BCUT2D eigenvalue weighted by Crippen LogP contribution is 2.27. The molecule has 4 rings (SSSR count). The van der Waals surface area contributed by atoms with Crippen molar-refractivity contribution in [1.29, 1.82) is 0 Å². The number of anilines is 1. The van der Waals surface area contributed by atoms with Crippen LogP contribution in [0.1, 0.15) is 28.2 Å². The van der Waals surface area contributed by atoms with Crippen LogP contribution in [-0.4, -0.2) is 87.7 Å². The van der Waals surface area contributed by atoms with Crippen molar-refractivity contribution in [2.24, 2.45) is 16.5 Å². The van der Waals surface area contributed by atoms with Gasteiger partial charge in [0.15, 0.2) is 21.9 Å². The monoisotopic (exact) mass is 898 g/mol. The number of nitrogens with one attached hydrogen (secondary N) is 2. The summed E-state index contributed by atoms with van der Waals surface area (Å²) in [4.78, 5) is 80.5. The van der Waals surface area contributed by atoms with Crippen LogP contribution in [0, 0.1) is 0 Å². The van der Waals surface area contributed by atoms with Crippen LogP contribution in [-0.2, 0) is 32.1 Å². The van der Waals surface area contributed by atoms with Crippen LogP contribution in [0.2, 0.25) is 5.15 Å². The summed E-state index contributed by atoms with van der Waals surface area (Å²) in [6, 6.07) is 17.9. The summed E-state index contributed by atoms with van der Waals surface area (Å²) in [5.74, 6) is -7.74. The number of Topliss-reactive ketones (excluding diaryl/α,β-unsaturated/α-hetero) is 3. The van der Waals surface area contributed by atoms with Crippen LogP contribution >= 0.6 is 22.9 Å². The summed E-state index contributed by atoms with van der Waals surface area (Å²) >= 11 is 7.80. The van der Waals surface area contributed by atoms with Crippen molar-refractivity contribution >= 4 is 64.3 Å². The molecular formula is C35H32ClF9N8O6S. The number of benzene rings is 2. The molecule has 4 aromatic rings. The molecular weight excluding hydrogens is 867 g/mol. The Morgan fingerprint density at radius 1 is 0.900 bits per heavy atom. The molecule has 2 heterocycles. The highest BCUT2D eigenvalue weighted by atomic mass is 35.5. The fourth-order valence-electron chi connectivity index (χ4n) is 4.55. The van der Waals surface area contributed by atoms with Gasteiger partial charge in [-0.25, -0.2) is 9.97 Å². The second-order valence-electron chi connectivity index (χ2n) is 11.6. The van der Waals surface area contributed by atoms with Gasteiger partial charge in [0.1, 0.15) is 6.54 Å². The number of nitrogens with two attached hydrogens (primary N) is 2. The van der Waals surface area contributed by atoms with E-state index in [1.165, 1.54) is 22.1 Å². The Morgan fingerprint density at radius 2 is 1.45 bits per heavy atom. The number of aliphatic imine (C=N–C) groups is 1. The van der Waals surface area contributed by atoms with Gasteiger partial charge >= 0.3 is 30.1 Å². The molecule has 0 saturated heterocycles. The Kier molecular flexibility index (Phi) is 19.0. The number of amides is 1. The number of aldehydes is 1. The Hall–Kier alpha value is -6.17. The van der Waals surface area contributed by atoms with Crippen molar-refractivity contribution in [2.75, 3.05) is 18.4 Å². The summed E-state index contributed by atoms with van der Waals surface area (Å²) in [6.07, 6.45) is -14.4. The largest absolute Gasteiger partial charge is 0.458 e. The molecule has 2 aromatic carbocycles. The third kappa shape index (κ3) is 17.0. The molecule has 0 saturated carbocycles. The lowest BCUT2D eigenvalue weighted by atomic mass is 10.1. The van der Waals surface area contributed by atoms with Gasteiger partial charge in [-0.3, -0.25) is 38.3 Å². The van der Waals surface area contributed by atoms with Gasteiger partial charge < -0.3 is 22.1 Å². The van der Waals surface area contributed by atoms with Gasteiger partial charge in [0.25, 0.3) is 5.56 Å². The maximum atomic E-state index is 13.7. The zero-order valence-electron chi connectivity index (χ0n) is 30.4. The van der Waals surface area contributed by atoms with E-state index in [9.17, 15) is 63.5 Å². The number of hydrogen-bond donors (Lipinski definition) is 4. The number of ketones is 3. The summed E-state index contributed by atoms with van der Waals surface area (Å²) < 4.78 is 99.5. The molecule has 1 atom stereocenters. The average Bonchev–Trinajstić information content (AvgIpc) is 3.72. The van der Waals surface area contributed by atoms with Gasteiger partial charge in [-0.15, -0.1) is 11.3 Å². The normalized spacial score (nSPS) is 11.7. The third-order valence-corrected chi connectivity index (χ3v) is 8.17. The Morgan fingerprint density at radius 3 is 1.93 bits per heavy atom. The number of guanidine groups is 1. The topological polar surface area (TPSA) is 222 Å². The lowest BCUT2D eigenvalue weighted by molar-refractivity contribution is -0.193. The average molecular weight is 899 g/mol. The van der Waals surface area contributed by atoms with E-state index in [2.05, 4.69) is 25.6 Å². The number of alkyl halides is 9. The molecule has 60 heavy (non-hydrogen) atoms. The molecule has 0 spiro atoms. The molecule has 0 aliphatic rings. The van der Waals surface area contributed by atoms with E-state index < -0.39 is 60.4 Å². The van der Waals surface area contributed by atoms with E-state index in [4.69, 9.17) is 27.9 Å². The molecule has 0 radical (unpaired) electrons. The van der Waals surface area contributed by atoms with Crippen LogP contribution in [0.4, 0.5) is 45.3 Å². The number of nitrogens with zero attached hydrogens (tertiary/aromatic N) is 4. The predicted octanol–water partition coefficient (Wildman–Crippen LogP) is 5.09. The van der Waals surface area contributed by atoms with E-state index in [-0.39, 0.29) is 40.7 Å². The van der Waals surface area contributed by atoms with Gasteiger partial charge in [0, 0.05) is 30.2 Å². The fourth-order valence-corrected chi connectivity index (χ4v) is 5.48. The summed E-state index contributed by atoms with van der Waals surface area (Å²) in [7, 11) is 0. The minimum atomic E-state index is -5.77. The SMILES string of the molecule is NC(N)=NCCC[C@H](NC(=O)Cn1c(-c2ccccc2)c(Cl)nc(NCCc2ccccc2)c1=O)C(=O)c1nccs1.O=C(C(=O)C(F)(F)F)C(F)(F)F.O=CC(F)(F)F. The first kappa shape index (κ1) is 50.0. The Balaban J connectivity index is 0.000000574. The lowest BCUT2D eigenvalue weighted by Gasteiger charge is -2.19. The maximum absolute atomic E-state index is 13.7. The highest BCUT2D eigenvalue weighted by molar-refractivity contribution is 7.11. The van der Waals surface area contributed by atoms with Crippen molar-refractivity contribution in [3.8, 4) is 11.3 Å². The van der Waals surface area contributed by atoms with Crippen molar-refractivity contribution < 1.29 is 63.5 Å². The van der Waals surface area contributed by atoms with Gasteiger partial charge in [-0.1, -0.05) is 72.3 Å². The molecule has 2 aromatic heterocycles. The molecule has 0 aliphatic heterocycles. The first-order valence-electron chi connectivity index (χ1n) is 16.6. The van der Waals surface area contributed by atoms with Gasteiger partial charge in [0.2, 0.25) is 18.0 Å². The highest BCUT2D eigenvalue weighted by Gasteiger charge is 2.54. The number of rotatable bonds is 15. The predicted molar refractivity (Wildman–Crippen MR) is 200 cm³/mol. The van der Waals surface area contributed by atoms with Gasteiger partial charge in [0.05, 0.1) is 11.7 Å². The fraction of sp³-hybridized carbons (Fsp3) is 0.286. The minimum absolute atomic E-state index is 0.0241. The van der Waals surface area contributed by atoms with Crippen molar-refractivity contribution in [2.45, 2.75) is 50.4 Å². The summed E-state index contributed by atoms with van der Waals surface area (Å²) in [6.45, 7) is 0.323. The van der Waals surface area contributed by atoms with Crippen LogP contribution in [0.3, 0.4) is 0 Å². The molecule has 25 heteroatoms. The molecule has 324 valence electrons. The number of thiazole rings is 1. The minimum Gasteiger partial charge on any atom is -0.370 e. The summed E-state index contributed by atoms with van der Waals surface area (Å²) in [5.41, 5.74) is 12.3. The third-order valence-electron chi connectivity index (χ3n) is 7.12. The Labute approximate surface area is 341 Å². The van der Waals surface area contributed by atoms with Gasteiger partial charge in [-0.05, 0) is 24.8 Å². The second-order valence-corrected chi connectivity index (χ2v) is 12.9. The maximum Gasteiger partial charge on any atom is 0.458 e. The number of aromatic nitrogens is 3. The molecule has 0 fully saturated rings. The quantitative estimate of drug-likeness (QED) is 0.0234. The number of hydrogen-bond acceptors (Lipinski definition) is 11.